The van der Waals surface area contributed by atoms with Crippen LogP contribution in [0, 0.1) is 0 Å². The molecule has 2 aliphatic rings. The van der Waals surface area contributed by atoms with Crippen molar-refractivity contribution in [3.05, 3.63) is 59.7 Å². The predicted molar refractivity (Wildman–Crippen MR) is 120 cm³/mol. The first-order valence-electron chi connectivity index (χ1n) is 11.3. The number of fused-ring (bicyclic) bond motifs is 3. The number of halogens is 2. The molecule has 1 saturated heterocycles. The molecule has 1 heterocycles. The lowest BCUT2D eigenvalue weighted by molar-refractivity contribution is -0.138. The third-order valence-corrected chi connectivity index (χ3v) is 6.41. The van der Waals surface area contributed by atoms with Crippen LogP contribution in [0.1, 0.15) is 36.3 Å². The number of aliphatic carboxylic acids is 1. The number of rotatable bonds is 8. The van der Waals surface area contributed by atoms with E-state index in [0.717, 1.165) is 22.3 Å². The van der Waals surface area contributed by atoms with Gasteiger partial charge in [-0.3, -0.25) is 9.69 Å². The minimum atomic E-state index is -2.60. The molecule has 4 rings (SSSR count). The van der Waals surface area contributed by atoms with Crippen LogP contribution in [0.4, 0.5) is 13.6 Å². The lowest BCUT2D eigenvalue weighted by Crippen LogP contribution is -2.42. The normalized spacial score (nSPS) is 17.3. The summed E-state index contributed by atoms with van der Waals surface area (Å²) in [7, 11) is 0. The summed E-state index contributed by atoms with van der Waals surface area (Å²) < 4.78 is 32.2. The Morgan fingerprint density at radius 2 is 1.61 bits per heavy atom. The molecule has 176 valence electrons. The number of carbonyl (C=O) groups excluding carboxylic acids is 1. The van der Waals surface area contributed by atoms with Gasteiger partial charge in [-0.05, 0) is 35.2 Å². The van der Waals surface area contributed by atoms with Crippen LogP contribution >= 0.6 is 0 Å². The van der Waals surface area contributed by atoms with E-state index in [9.17, 15) is 23.5 Å². The van der Waals surface area contributed by atoms with Gasteiger partial charge in [0.25, 0.3) is 5.92 Å². The second-order valence-corrected chi connectivity index (χ2v) is 8.67. The maximum Gasteiger partial charge on any atom is 0.410 e. The number of alkyl halides is 2. The molecule has 0 atom stereocenters. The second-order valence-electron chi connectivity index (χ2n) is 8.67. The molecule has 0 spiro atoms. The van der Waals surface area contributed by atoms with E-state index in [0.29, 0.717) is 26.1 Å². The maximum atomic E-state index is 13.3. The van der Waals surface area contributed by atoms with Crippen LogP contribution in [-0.2, 0) is 9.53 Å². The Morgan fingerprint density at radius 3 is 2.18 bits per heavy atom. The second kappa shape index (κ2) is 9.87. The summed E-state index contributed by atoms with van der Waals surface area (Å²) in [6, 6.07) is 16.0. The van der Waals surface area contributed by atoms with Gasteiger partial charge in [0.1, 0.15) is 13.2 Å². The third kappa shape index (κ3) is 5.50. The zero-order valence-corrected chi connectivity index (χ0v) is 18.4. The van der Waals surface area contributed by atoms with Crippen LogP contribution in [0.3, 0.4) is 0 Å². The molecule has 33 heavy (non-hydrogen) atoms. The van der Waals surface area contributed by atoms with Gasteiger partial charge in [-0.25, -0.2) is 13.6 Å². The number of carbonyl (C=O) groups is 2. The number of ether oxygens (including phenoxy) is 1. The third-order valence-electron chi connectivity index (χ3n) is 6.41. The summed E-state index contributed by atoms with van der Waals surface area (Å²) in [6.07, 6.45) is -0.524. The highest BCUT2D eigenvalue weighted by molar-refractivity contribution is 5.79. The smallest absolute Gasteiger partial charge is 0.410 e. The zero-order valence-electron chi connectivity index (χ0n) is 18.4. The highest BCUT2D eigenvalue weighted by Crippen LogP contribution is 2.44. The number of likely N-dealkylation sites (tertiary alicyclic amines) is 1. The Bertz CT molecular complexity index is 958. The molecule has 0 radical (unpaired) electrons. The van der Waals surface area contributed by atoms with Crippen molar-refractivity contribution < 1.29 is 28.2 Å². The molecule has 0 saturated carbocycles. The molecule has 2 aromatic carbocycles. The van der Waals surface area contributed by atoms with E-state index in [2.05, 4.69) is 0 Å². The molecular weight excluding hydrogens is 430 g/mol. The molecule has 1 fully saturated rings. The lowest BCUT2D eigenvalue weighted by Gasteiger charge is -2.32. The van der Waals surface area contributed by atoms with Gasteiger partial charge in [-0.2, -0.15) is 0 Å². The highest BCUT2D eigenvalue weighted by atomic mass is 19.3. The molecule has 1 N–H and O–H groups in total. The van der Waals surface area contributed by atoms with E-state index < -0.39 is 24.5 Å². The van der Waals surface area contributed by atoms with E-state index >= 15 is 0 Å². The average molecular weight is 459 g/mol. The molecule has 1 aliphatic carbocycles. The first-order valence-corrected chi connectivity index (χ1v) is 11.3. The summed E-state index contributed by atoms with van der Waals surface area (Å²) in [4.78, 5) is 27.1. The van der Waals surface area contributed by atoms with Gasteiger partial charge in [0.2, 0.25) is 0 Å². The first-order chi connectivity index (χ1) is 15.8. The van der Waals surface area contributed by atoms with Crippen molar-refractivity contribution in [2.45, 2.75) is 31.1 Å². The maximum absolute atomic E-state index is 13.3. The van der Waals surface area contributed by atoms with Crippen molar-refractivity contribution in [2.75, 3.05) is 39.3 Å². The Morgan fingerprint density at radius 1 is 1.03 bits per heavy atom. The van der Waals surface area contributed by atoms with Gasteiger partial charge in [0.05, 0.1) is 0 Å². The van der Waals surface area contributed by atoms with Crippen LogP contribution in [-0.4, -0.2) is 72.2 Å². The van der Waals surface area contributed by atoms with Crippen molar-refractivity contribution in [3.8, 4) is 11.1 Å². The SMILES string of the molecule is O=C(O)CN(CCCN1CCC(F)(F)CC1)C(=O)OCC1c2ccccc2-c2ccccc21. The predicted octanol–water partition coefficient (Wildman–Crippen LogP) is 4.44. The van der Waals surface area contributed by atoms with Crippen LogP contribution in [0.15, 0.2) is 48.5 Å². The van der Waals surface area contributed by atoms with Crippen molar-refractivity contribution in [1.29, 1.82) is 0 Å². The molecule has 1 amide bonds. The van der Waals surface area contributed by atoms with Gasteiger partial charge >= 0.3 is 12.1 Å². The molecule has 6 nitrogen and oxygen atoms in total. The number of piperidine rings is 1. The van der Waals surface area contributed by atoms with Crippen LogP contribution in [0.25, 0.3) is 11.1 Å². The minimum absolute atomic E-state index is 0.108. The molecule has 0 unspecified atom stereocenters. The van der Waals surface area contributed by atoms with Crippen molar-refractivity contribution in [2.24, 2.45) is 0 Å². The fourth-order valence-corrected chi connectivity index (χ4v) is 4.67. The summed E-state index contributed by atoms with van der Waals surface area (Å²) in [5.41, 5.74) is 4.39. The zero-order chi connectivity index (χ0) is 23.4. The number of amides is 1. The van der Waals surface area contributed by atoms with E-state index in [1.54, 1.807) is 0 Å². The van der Waals surface area contributed by atoms with Gasteiger partial charge in [-0.15, -0.1) is 0 Å². The van der Waals surface area contributed by atoms with Gasteiger partial charge < -0.3 is 14.7 Å². The van der Waals surface area contributed by atoms with E-state index in [1.807, 2.05) is 53.4 Å². The standard InChI is InChI=1S/C25H28F2N2O4/c26-25(27)10-14-28(15-11-25)12-5-13-29(16-23(30)31)24(32)33-17-22-20-8-3-1-6-18(20)19-7-2-4-9-21(19)22/h1-4,6-9,22H,5,10-17H2,(H,30,31). The van der Waals surface area contributed by atoms with E-state index in [4.69, 9.17) is 4.74 Å². The van der Waals surface area contributed by atoms with Crippen molar-refractivity contribution in [3.63, 3.8) is 0 Å². The van der Waals surface area contributed by atoms with Gasteiger partial charge in [0, 0.05) is 38.4 Å². The molecular formula is C25H28F2N2O4. The number of carboxylic acids is 1. The summed E-state index contributed by atoms with van der Waals surface area (Å²) in [6.45, 7) is 0.978. The number of hydrogen-bond acceptors (Lipinski definition) is 4. The quantitative estimate of drug-likeness (QED) is 0.633. The topological polar surface area (TPSA) is 70.1 Å². The fourth-order valence-electron chi connectivity index (χ4n) is 4.67. The first kappa shape index (κ1) is 23.2. The Hall–Kier alpha value is -3.00. The molecule has 0 aromatic heterocycles. The monoisotopic (exact) mass is 458 g/mol. The Kier molecular flexibility index (Phi) is 6.93. The van der Waals surface area contributed by atoms with Crippen LogP contribution < -0.4 is 0 Å². The Balaban J connectivity index is 1.34. The average Bonchev–Trinajstić information content (AvgIpc) is 3.11. The van der Waals surface area contributed by atoms with Crippen LogP contribution in [0.5, 0.6) is 0 Å². The number of nitrogens with zero attached hydrogens (tertiary/aromatic N) is 2. The molecule has 0 bridgehead atoms. The van der Waals surface area contributed by atoms with Crippen molar-refractivity contribution >= 4 is 12.1 Å². The fraction of sp³-hybridized carbons (Fsp3) is 0.440. The largest absolute Gasteiger partial charge is 0.480 e. The minimum Gasteiger partial charge on any atom is -0.480 e. The summed E-state index contributed by atoms with van der Waals surface area (Å²) >= 11 is 0. The molecule has 8 heteroatoms. The molecule has 1 aliphatic heterocycles. The number of carboxylic acid groups (broad SMARTS) is 1. The Labute approximate surface area is 191 Å². The molecule has 2 aromatic rings. The van der Waals surface area contributed by atoms with Crippen LogP contribution in [0.2, 0.25) is 0 Å². The summed E-state index contributed by atoms with van der Waals surface area (Å²) in [5.74, 6) is -3.84. The lowest BCUT2D eigenvalue weighted by atomic mass is 9.98. The van der Waals surface area contributed by atoms with E-state index in [1.165, 1.54) is 4.90 Å². The number of hydrogen-bond donors (Lipinski definition) is 1. The van der Waals surface area contributed by atoms with Gasteiger partial charge in [-0.1, -0.05) is 48.5 Å². The summed E-state index contributed by atoms with van der Waals surface area (Å²) in [5, 5.41) is 9.24. The van der Waals surface area contributed by atoms with Crippen molar-refractivity contribution in [1.82, 2.24) is 9.80 Å². The number of benzene rings is 2. The van der Waals surface area contributed by atoms with E-state index in [-0.39, 0.29) is 31.9 Å². The van der Waals surface area contributed by atoms with Gasteiger partial charge in [0.15, 0.2) is 0 Å². The highest BCUT2D eigenvalue weighted by Gasteiger charge is 2.34.